The Morgan fingerprint density at radius 2 is 1.89 bits per heavy atom. The van der Waals surface area contributed by atoms with Crippen LogP contribution in [0.4, 0.5) is 0 Å². The van der Waals surface area contributed by atoms with Gasteiger partial charge < -0.3 is 10.3 Å². The third-order valence-corrected chi connectivity index (χ3v) is 6.36. The zero-order chi connectivity index (χ0) is 19.7. The fourth-order valence-electron chi connectivity index (χ4n) is 3.91. The second kappa shape index (κ2) is 7.41. The molecule has 1 aromatic heterocycles. The van der Waals surface area contributed by atoms with Crippen molar-refractivity contribution < 1.29 is 13.2 Å². The van der Waals surface area contributed by atoms with E-state index in [0.717, 1.165) is 30.3 Å². The van der Waals surface area contributed by atoms with Crippen molar-refractivity contribution in [2.45, 2.75) is 30.6 Å². The first-order valence-electron chi connectivity index (χ1n) is 9.40. The lowest BCUT2D eigenvalue weighted by atomic mass is 9.86. The van der Waals surface area contributed by atoms with E-state index in [2.05, 4.69) is 22.4 Å². The van der Waals surface area contributed by atoms with Gasteiger partial charge in [-0.3, -0.25) is 4.79 Å². The van der Waals surface area contributed by atoms with E-state index in [1.165, 1.54) is 28.8 Å². The van der Waals surface area contributed by atoms with Crippen LogP contribution in [-0.2, 0) is 34.1 Å². The molecule has 1 heterocycles. The molecular weight excluding hydrogens is 374 g/mol. The van der Waals surface area contributed by atoms with Crippen molar-refractivity contribution in [1.29, 1.82) is 0 Å². The number of fused-ring (bicyclic) bond motifs is 3. The molecule has 1 unspecified atom stereocenters. The summed E-state index contributed by atoms with van der Waals surface area (Å²) in [7, 11) is -3.68. The quantitative estimate of drug-likeness (QED) is 0.615. The smallest absolute Gasteiger partial charge is 0.238 e. The highest BCUT2D eigenvalue weighted by molar-refractivity contribution is 7.89. The van der Waals surface area contributed by atoms with E-state index in [0.29, 0.717) is 13.0 Å². The van der Waals surface area contributed by atoms with Crippen LogP contribution in [0.5, 0.6) is 0 Å². The first kappa shape index (κ1) is 18.7. The maximum atomic E-state index is 12.6. The van der Waals surface area contributed by atoms with Gasteiger partial charge in [-0.15, -0.1) is 0 Å². The van der Waals surface area contributed by atoms with Gasteiger partial charge in [0.05, 0.1) is 4.90 Å². The second-order valence-corrected chi connectivity index (χ2v) is 8.86. The number of sulfonamides is 1. The SMILES string of the molecule is NS(=O)(=O)c1ccc(CCNC(=O)C2CCc3[nH]c4ccccc4c3C2)cc1. The number of rotatable bonds is 5. The summed E-state index contributed by atoms with van der Waals surface area (Å²) in [5, 5.41) is 9.34. The van der Waals surface area contributed by atoms with E-state index in [9.17, 15) is 13.2 Å². The molecule has 146 valence electrons. The highest BCUT2D eigenvalue weighted by atomic mass is 32.2. The molecule has 2 aromatic carbocycles. The summed E-state index contributed by atoms with van der Waals surface area (Å²) >= 11 is 0. The molecule has 1 aliphatic carbocycles. The van der Waals surface area contributed by atoms with Crippen molar-refractivity contribution in [2.24, 2.45) is 11.1 Å². The van der Waals surface area contributed by atoms with Crippen molar-refractivity contribution in [3.05, 3.63) is 65.4 Å². The summed E-state index contributed by atoms with van der Waals surface area (Å²) in [5.41, 5.74) is 4.60. The molecule has 4 N–H and O–H groups in total. The number of aromatic amines is 1. The Balaban J connectivity index is 1.35. The van der Waals surface area contributed by atoms with E-state index in [1.807, 2.05) is 12.1 Å². The fourth-order valence-corrected chi connectivity index (χ4v) is 4.43. The normalized spacial score (nSPS) is 16.7. The van der Waals surface area contributed by atoms with Gasteiger partial charge in [-0.2, -0.15) is 0 Å². The minimum atomic E-state index is -3.68. The van der Waals surface area contributed by atoms with Crippen LogP contribution in [0.3, 0.4) is 0 Å². The average Bonchev–Trinajstić information content (AvgIpc) is 3.05. The number of nitrogens with two attached hydrogens (primary N) is 1. The van der Waals surface area contributed by atoms with E-state index < -0.39 is 10.0 Å². The number of nitrogens with one attached hydrogen (secondary N) is 2. The highest BCUT2D eigenvalue weighted by Crippen LogP contribution is 2.31. The van der Waals surface area contributed by atoms with Crippen LogP contribution in [0.15, 0.2) is 53.4 Å². The van der Waals surface area contributed by atoms with Gasteiger partial charge in [-0.05, 0) is 55.0 Å². The van der Waals surface area contributed by atoms with Crippen LogP contribution in [0, 0.1) is 5.92 Å². The maximum Gasteiger partial charge on any atom is 0.238 e. The van der Waals surface area contributed by atoms with Crippen molar-refractivity contribution >= 4 is 26.8 Å². The molecule has 0 radical (unpaired) electrons. The predicted molar refractivity (Wildman–Crippen MR) is 108 cm³/mol. The Morgan fingerprint density at radius 1 is 1.14 bits per heavy atom. The zero-order valence-electron chi connectivity index (χ0n) is 15.4. The number of hydrogen-bond donors (Lipinski definition) is 3. The molecule has 0 aliphatic heterocycles. The largest absolute Gasteiger partial charge is 0.358 e. The highest BCUT2D eigenvalue weighted by Gasteiger charge is 2.27. The first-order chi connectivity index (χ1) is 13.4. The lowest BCUT2D eigenvalue weighted by Gasteiger charge is -2.22. The molecule has 0 saturated carbocycles. The number of amides is 1. The second-order valence-electron chi connectivity index (χ2n) is 7.30. The number of aromatic nitrogens is 1. The number of carbonyl (C=O) groups excluding carboxylic acids is 1. The topological polar surface area (TPSA) is 105 Å². The molecule has 4 rings (SSSR count). The monoisotopic (exact) mass is 397 g/mol. The number of benzene rings is 2. The lowest BCUT2D eigenvalue weighted by molar-refractivity contribution is -0.125. The average molecular weight is 398 g/mol. The Kier molecular flexibility index (Phi) is 4.95. The molecule has 3 aromatic rings. The molecule has 0 bridgehead atoms. The third-order valence-electron chi connectivity index (χ3n) is 5.43. The Hall–Kier alpha value is -2.64. The van der Waals surface area contributed by atoms with Crippen LogP contribution < -0.4 is 10.5 Å². The molecule has 6 nitrogen and oxygen atoms in total. The van der Waals surface area contributed by atoms with Gasteiger partial charge in [-0.1, -0.05) is 30.3 Å². The van der Waals surface area contributed by atoms with Crippen molar-refractivity contribution in [3.63, 3.8) is 0 Å². The van der Waals surface area contributed by atoms with Gasteiger partial charge >= 0.3 is 0 Å². The van der Waals surface area contributed by atoms with E-state index >= 15 is 0 Å². The fraction of sp³-hybridized carbons (Fsp3) is 0.286. The number of aryl methyl sites for hydroxylation is 1. The molecule has 7 heteroatoms. The van der Waals surface area contributed by atoms with Crippen molar-refractivity contribution in [2.75, 3.05) is 6.54 Å². The van der Waals surface area contributed by atoms with E-state index in [-0.39, 0.29) is 16.7 Å². The molecule has 1 atom stereocenters. The molecule has 0 saturated heterocycles. The summed E-state index contributed by atoms with van der Waals surface area (Å²) in [6.07, 6.45) is 3.13. The Labute approximate surface area is 164 Å². The first-order valence-corrected chi connectivity index (χ1v) is 10.9. The van der Waals surface area contributed by atoms with Gasteiger partial charge in [0.1, 0.15) is 0 Å². The minimum Gasteiger partial charge on any atom is -0.358 e. The molecule has 0 spiro atoms. The van der Waals surface area contributed by atoms with Gasteiger partial charge in [-0.25, -0.2) is 13.6 Å². The van der Waals surface area contributed by atoms with Crippen LogP contribution in [0.2, 0.25) is 0 Å². The molecule has 1 aliphatic rings. The summed E-state index contributed by atoms with van der Waals surface area (Å²) in [5.74, 6) is 0.0635. The van der Waals surface area contributed by atoms with Crippen molar-refractivity contribution in [3.8, 4) is 0 Å². The summed E-state index contributed by atoms with van der Waals surface area (Å²) in [6, 6.07) is 14.7. The van der Waals surface area contributed by atoms with Crippen LogP contribution in [0.1, 0.15) is 23.2 Å². The van der Waals surface area contributed by atoms with E-state index in [1.54, 1.807) is 12.1 Å². The third kappa shape index (κ3) is 3.81. The lowest BCUT2D eigenvalue weighted by Crippen LogP contribution is -2.35. The van der Waals surface area contributed by atoms with Crippen LogP contribution in [0.25, 0.3) is 10.9 Å². The maximum absolute atomic E-state index is 12.6. The Morgan fingerprint density at radius 3 is 2.64 bits per heavy atom. The summed E-state index contributed by atoms with van der Waals surface area (Å²) in [6.45, 7) is 0.519. The standard InChI is InChI=1S/C21H23N3O3S/c22-28(26,27)16-8-5-14(6-9-16)11-12-23-21(25)15-7-10-20-18(13-15)17-3-1-2-4-19(17)24-20/h1-6,8-9,15,24H,7,10-13H2,(H,23,25)(H2,22,26,27). The minimum absolute atomic E-state index is 0.0172. The number of primary sulfonamides is 1. The van der Waals surface area contributed by atoms with Gasteiger partial charge in [0.25, 0.3) is 0 Å². The molecular formula is C21H23N3O3S. The number of para-hydroxylation sites is 1. The number of H-pyrrole nitrogens is 1. The van der Waals surface area contributed by atoms with E-state index in [4.69, 9.17) is 5.14 Å². The van der Waals surface area contributed by atoms with Gasteiger partial charge in [0, 0.05) is 29.1 Å². The van der Waals surface area contributed by atoms with Crippen LogP contribution in [-0.4, -0.2) is 25.9 Å². The van der Waals surface area contributed by atoms with Gasteiger partial charge in [0.2, 0.25) is 15.9 Å². The molecule has 0 fully saturated rings. The molecule has 1 amide bonds. The number of carbonyl (C=O) groups is 1. The Bertz CT molecular complexity index is 1120. The number of hydrogen-bond acceptors (Lipinski definition) is 3. The zero-order valence-corrected chi connectivity index (χ0v) is 16.3. The summed E-state index contributed by atoms with van der Waals surface area (Å²) in [4.78, 5) is 16.2. The predicted octanol–water partition coefficient (Wildman–Crippen LogP) is 2.28. The van der Waals surface area contributed by atoms with Crippen LogP contribution >= 0.6 is 0 Å². The molecule has 28 heavy (non-hydrogen) atoms. The van der Waals surface area contributed by atoms with Crippen molar-refractivity contribution in [1.82, 2.24) is 10.3 Å². The summed E-state index contributed by atoms with van der Waals surface area (Å²) < 4.78 is 22.6. The van der Waals surface area contributed by atoms with Gasteiger partial charge in [0.15, 0.2) is 0 Å².